The number of hydrogen-bond donors (Lipinski definition) is 1. The first-order valence-corrected chi connectivity index (χ1v) is 8.77. The summed E-state index contributed by atoms with van der Waals surface area (Å²) in [6.45, 7) is 3.62. The van der Waals surface area contributed by atoms with Crippen LogP contribution >= 0.6 is 11.8 Å². The van der Waals surface area contributed by atoms with Gasteiger partial charge in [-0.2, -0.15) is 0 Å². The Morgan fingerprint density at radius 1 is 1.12 bits per heavy atom. The molecular formula is C19H19NO3S. The lowest BCUT2D eigenvalue weighted by Gasteiger charge is -2.11. The zero-order valence-electron chi connectivity index (χ0n) is 13.6. The maximum atomic E-state index is 12.4. The molecule has 0 spiro atoms. The van der Waals surface area contributed by atoms with Gasteiger partial charge in [0.25, 0.3) is 0 Å². The van der Waals surface area contributed by atoms with Crippen molar-refractivity contribution < 1.29 is 14.3 Å². The molecule has 4 nitrogen and oxygen atoms in total. The summed E-state index contributed by atoms with van der Waals surface area (Å²) in [6, 6.07) is 14.9. The number of fused-ring (bicyclic) bond motifs is 1. The number of hydrogen-bond acceptors (Lipinski definition) is 4. The molecule has 1 heterocycles. The van der Waals surface area contributed by atoms with Crippen molar-refractivity contribution >= 4 is 29.3 Å². The smallest absolute Gasteiger partial charge is 0.338 e. The van der Waals surface area contributed by atoms with E-state index in [-0.39, 0.29) is 23.2 Å². The van der Waals surface area contributed by atoms with Crippen molar-refractivity contribution in [2.24, 2.45) is 0 Å². The quantitative estimate of drug-likeness (QED) is 0.857. The van der Waals surface area contributed by atoms with E-state index in [4.69, 9.17) is 4.74 Å². The molecule has 0 fully saturated rings. The summed E-state index contributed by atoms with van der Waals surface area (Å²) >= 11 is 1.59. The highest BCUT2D eigenvalue weighted by Crippen LogP contribution is 2.37. The second-order valence-electron chi connectivity index (χ2n) is 5.94. The summed E-state index contributed by atoms with van der Waals surface area (Å²) in [7, 11) is 0. The lowest BCUT2D eigenvalue weighted by Crippen LogP contribution is -2.24. The Bertz CT molecular complexity index is 730. The molecule has 1 unspecified atom stereocenters. The maximum absolute atomic E-state index is 12.4. The number of ether oxygens (including phenoxy) is 1. The zero-order valence-corrected chi connectivity index (χ0v) is 14.4. The fourth-order valence-corrected chi connectivity index (χ4v) is 3.72. The molecule has 24 heavy (non-hydrogen) atoms. The molecule has 5 heteroatoms. The van der Waals surface area contributed by atoms with Gasteiger partial charge in [0.1, 0.15) is 0 Å². The van der Waals surface area contributed by atoms with Crippen LogP contribution in [0.2, 0.25) is 0 Å². The van der Waals surface area contributed by atoms with E-state index in [1.807, 2.05) is 32.0 Å². The number of carbonyl (C=O) groups is 2. The number of thioether (sulfide) groups is 1. The van der Waals surface area contributed by atoms with Crippen molar-refractivity contribution in [2.45, 2.75) is 36.5 Å². The van der Waals surface area contributed by atoms with E-state index in [0.29, 0.717) is 11.3 Å². The summed E-state index contributed by atoms with van der Waals surface area (Å²) in [5, 5.41) is 2.80. The molecule has 0 saturated carbocycles. The molecule has 0 radical (unpaired) electrons. The predicted octanol–water partition coefficient (Wildman–Crippen LogP) is 3.91. The van der Waals surface area contributed by atoms with Gasteiger partial charge >= 0.3 is 5.97 Å². The van der Waals surface area contributed by atoms with Gasteiger partial charge in [-0.3, -0.25) is 4.79 Å². The molecular weight excluding hydrogens is 322 g/mol. The van der Waals surface area contributed by atoms with Gasteiger partial charge in [-0.05, 0) is 56.2 Å². The molecule has 0 saturated heterocycles. The number of nitrogens with one attached hydrogen (secondary N) is 1. The molecule has 124 valence electrons. The van der Waals surface area contributed by atoms with Crippen LogP contribution in [0.4, 0.5) is 5.69 Å². The summed E-state index contributed by atoms with van der Waals surface area (Å²) < 4.78 is 5.14. The molecule has 0 aromatic heterocycles. The van der Waals surface area contributed by atoms with Crippen molar-refractivity contribution in [1.82, 2.24) is 0 Å². The molecule has 2 aromatic carbocycles. The first kappa shape index (κ1) is 16.6. The lowest BCUT2D eigenvalue weighted by molar-refractivity contribution is -0.115. The van der Waals surface area contributed by atoms with Crippen molar-refractivity contribution in [3.8, 4) is 0 Å². The number of anilines is 1. The molecule has 1 atom stereocenters. The van der Waals surface area contributed by atoms with Crippen molar-refractivity contribution in [2.75, 3.05) is 5.32 Å². The molecule has 1 amide bonds. The fraction of sp³-hybridized carbons (Fsp3) is 0.263. The SMILES string of the molecule is CC(C)OC(=O)c1ccc(NC(=O)C2Cc3ccccc3S2)cc1. The minimum absolute atomic E-state index is 0.0197. The van der Waals surface area contributed by atoms with Gasteiger partial charge in [0.2, 0.25) is 5.91 Å². The molecule has 2 aromatic rings. The van der Waals surface area contributed by atoms with Crippen molar-refractivity contribution in [1.29, 1.82) is 0 Å². The summed E-state index contributed by atoms with van der Waals surface area (Å²) in [6.07, 6.45) is 0.587. The molecule has 0 aliphatic carbocycles. The van der Waals surface area contributed by atoms with E-state index >= 15 is 0 Å². The van der Waals surface area contributed by atoms with E-state index in [1.54, 1.807) is 36.0 Å². The van der Waals surface area contributed by atoms with Crippen LogP contribution in [0.15, 0.2) is 53.4 Å². The average Bonchev–Trinajstić information content (AvgIpc) is 2.99. The number of benzene rings is 2. The molecule has 3 rings (SSSR count). The van der Waals surface area contributed by atoms with Crippen LogP contribution in [0, 0.1) is 0 Å². The van der Waals surface area contributed by atoms with E-state index in [9.17, 15) is 9.59 Å². The van der Waals surface area contributed by atoms with E-state index in [2.05, 4.69) is 11.4 Å². The third-order valence-electron chi connectivity index (χ3n) is 3.67. The van der Waals surface area contributed by atoms with Gasteiger partial charge in [0.05, 0.1) is 16.9 Å². The second-order valence-corrected chi connectivity index (χ2v) is 7.18. The Morgan fingerprint density at radius 3 is 2.50 bits per heavy atom. The Labute approximate surface area is 145 Å². The molecule has 1 aliphatic heterocycles. The molecule has 0 bridgehead atoms. The first-order chi connectivity index (χ1) is 11.5. The first-order valence-electron chi connectivity index (χ1n) is 7.89. The minimum Gasteiger partial charge on any atom is -0.459 e. The van der Waals surface area contributed by atoms with Gasteiger partial charge in [-0.15, -0.1) is 11.8 Å². The zero-order chi connectivity index (χ0) is 17.1. The summed E-state index contributed by atoms with van der Waals surface area (Å²) in [5.74, 6) is -0.376. The minimum atomic E-state index is -0.357. The number of amides is 1. The van der Waals surface area contributed by atoms with Crippen molar-refractivity contribution in [3.63, 3.8) is 0 Å². The highest BCUT2D eigenvalue weighted by Gasteiger charge is 2.27. The van der Waals surface area contributed by atoms with Crippen LogP contribution in [0.25, 0.3) is 0 Å². The van der Waals surface area contributed by atoms with Gasteiger partial charge in [-0.1, -0.05) is 18.2 Å². The maximum Gasteiger partial charge on any atom is 0.338 e. The number of carbonyl (C=O) groups excluding carboxylic acids is 2. The van der Waals surface area contributed by atoms with Crippen LogP contribution in [-0.4, -0.2) is 23.2 Å². The van der Waals surface area contributed by atoms with E-state index in [0.717, 1.165) is 6.42 Å². The van der Waals surface area contributed by atoms with Crippen molar-refractivity contribution in [3.05, 3.63) is 59.7 Å². The molecule has 1 N–H and O–H groups in total. The topological polar surface area (TPSA) is 55.4 Å². The Hall–Kier alpha value is -2.27. The predicted molar refractivity (Wildman–Crippen MR) is 95.4 cm³/mol. The lowest BCUT2D eigenvalue weighted by atomic mass is 10.1. The Balaban J connectivity index is 1.61. The monoisotopic (exact) mass is 341 g/mol. The van der Waals surface area contributed by atoms with Gasteiger partial charge < -0.3 is 10.1 Å². The summed E-state index contributed by atoms with van der Waals surface area (Å²) in [5.41, 5.74) is 2.37. The van der Waals surface area contributed by atoms with Crippen LogP contribution in [-0.2, 0) is 16.0 Å². The average molecular weight is 341 g/mol. The van der Waals surface area contributed by atoms with Crippen LogP contribution in [0.1, 0.15) is 29.8 Å². The van der Waals surface area contributed by atoms with Gasteiger partial charge in [0, 0.05) is 10.6 Å². The fourth-order valence-electron chi connectivity index (χ4n) is 2.52. The molecule has 1 aliphatic rings. The normalized spacial score (nSPS) is 15.9. The number of esters is 1. The largest absolute Gasteiger partial charge is 0.459 e. The Morgan fingerprint density at radius 2 is 1.83 bits per heavy atom. The van der Waals surface area contributed by atoms with Crippen LogP contribution in [0.3, 0.4) is 0 Å². The van der Waals surface area contributed by atoms with Gasteiger partial charge in [-0.25, -0.2) is 4.79 Å². The highest BCUT2D eigenvalue weighted by atomic mass is 32.2. The second kappa shape index (κ2) is 7.09. The Kier molecular flexibility index (Phi) is 4.90. The van der Waals surface area contributed by atoms with Crippen LogP contribution in [0.5, 0.6) is 0 Å². The number of rotatable bonds is 4. The van der Waals surface area contributed by atoms with Gasteiger partial charge in [0.15, 0.2) is 0 Å². The third-order valence-corrected chi connectivity index (χ3v) is 4.99. The van der Waals surface area contributed by atoms with E-state index < -0.39 is 0 Å². The standard InChI is InChI=1S/C19H19NO3S/c1-12(2)23-19(22)13-7-9-15(10-8-13)20-18(21)17-11-14-5-3-4-6-16(14)24-17/h3-10,12,17H,11H2,1-2H3,(H,20,21). The summed E-state index contributed by atoms with van der Waals surface area (Å²) in [4.78, 5) is 25.4. The van der Waals surface area contributed by atoms with E-state index in [1.165, 1.54) is 10.5 Å². The highest BCUT2D eigenvalue weighted by molar-refractivity contribution is 8.01. The third kappa shape index (κ3) is 3.79. The van der Waals surface area contributed by atoms with Crippen LogP contribution < -0.4 is 5.32 Å².